The second-order valence-corrected chi connectivity index (χ2v) is 20.3. The molecule has 1 unspecified atom stereocenters. The molecule has 1 atom stereocenters. The van der Waals surface area contributed by atoms with E-state index < -0.39 is 67.0 Å². The molecular formula is C47H36F4N14O9S2. The van der Waals surface area contributed by atoms with Crippen molar-refractivity contribution < 1.29 is 53.4 Å². The lowest BCUT2D eigenvalue weighted by atomic mass is 10.1. The number of hydrogen-bond acceptors (Lipinski definition) is 17. The summed E-state index contributed by atoms with van der Waals surface area (Å²) in [7, 11) is -4.50. The summed E-state index contributed by atoms with van der Waals surface area (Å²) < 4.78 is 134. The Kier molecular flexibility index (Phi) is 13.0. The highest BCUT2D eigenvalue weighted by molar-refractivity contribution is 7.91. The van der Waals surface area contributed by atoms with E-state index in [9.17, 15) is 44.0 Å². The van der Waals surface area contributed by atoms with Crippen LogP contribution in [0.4, 0.5) is 28.9 Å². The molecule has 0 radical (unpaired) electrons. The third-order valence-electron chi connectivity index (χ3n) is 11.4. The lowest BCUT2D eigenvalue weighted by Crippen LogP contribution is -2.19. The second-order valence-electron chi connectivity index (χ2n) is 16.4. The number of anilines is 2. The number of halogens is 4. The third-order valence-corrected chi connectivity index (χ3v) is 14.9. The molecule has 8 aromatic heterocycles. The maximum Gasteiger partial charge on any atom is 0.387 e. The zero-order chi connectivity index (χ0) is 53.6. The standard InChI is InChI=1S/C47H36F4N14O9S2/c1-61-17-12-28(20-39(61)66)75(68,69)26-6-9-37(73-47(50)51)31(18-26)41-35(25-63(3)60-41)58-45(33-23-56-65-16-5-14-53-43(33)65)74-38-11-8-29(21-54-38)76(70,71)27-7-10-36(72-46(48)49)30(19-27)40-34(24-62(2)59-40)57-44(67)32-22-55-64-15-4-13-52-42(32)64/h4-25,45-47,58H,1-3H3,(H,57,67). The van der Waals surface area contributed by atoms with Gasteiger partial charge in [0.05, 0.1) is 48.9 Å². The SMILES string of the molecule is Cn1cc(NC(=O)c2cnn3cccnc23)c(-c2cc(S(=O)(=O)c3ccc(OC(Nc4cn(C)nc4-c4cc(S(=O)(=O)c5ccn(C)c(=O)c5)ccc4OC(F)F)c4cnn5cccnc45)nc3)ccc2OC(F)F)n1. The van der Waals surface area contributed by atoms with Gasteiger partial charge < -0.3 is 29.4 Å². The van der Waals surface area contributed by atoms with Crippen molar-refractivity contribution >= 4 is 48.3 Å². The normalized spacial score (nSPS) is 12.4. The van der Waals surface area contributed by atoms with Crippen molar-refractivity contribution in [3.63, 3.8) is 0 Å². The quantitative estimate of drug-likeness (QED) is 0.0784. The van der Waals surface area contributed by atoms with Gasteiger partial charge in [-0.05, 0) is 60.7 Å². The van der Waals surface area contributed by atoms with Crippen LogP contribution in [0.3, 0.4) is 0 Å². The number of hydrogen-bond donors (Lipinski definition) is 2. The molecule has 2 N–H and O–H groups in total. The molecule has 0 aliphatic heterocycles. The summed E-state index contributed by atoms with van der Waals surface area (Å²) in [5.41, 5.74) is -0.348. The van der Waals surface area contributed by atoms with E-state index in [1.54, 1.807) is 24.5 Å². The molecule has 10 rings (SSSR count). The molecule has 0 saturated carbocycles. The second kappa shape index (κ2) is 19.7. The topological polar surface area (TPSA) is 268 Å². The number of amides is 1. The minimum Gasteiger partial charge on any atom is -0.449 e. The Balaban J connectivity index is 0.980. The van der Waals surface area contributed by atoms with E-state index in [0.717, 1.165) is 48.7 Å². The number of carbonyl (C=O) groups excluding carboxylic acids is 1. The summed E-state index contributed by atoms with van der Waals surface area (Å²) in [5, 5.41) is 23.1. The van der Waals surface area contributed by atoms with Crippen molar-refractivity contribution in [3.05, 3.63) is 156 Å². The van der Waals surface area contributed by atoms with Gasteiger partial charge in [-0.15, -0.1) is 0 Å². The largest absolute Gasteiger partial charge is 0.449 e. The van der Waals surface area contributed by atoms with Gasteiger partial charge in [0.2, 0.25) is 31.8 Å². The number of fused-ring (bicyclic) bond motifs is 2. The number of carbonyl (C=O) groups is 1. The summed E-state index contributed by atoms with van der Waals surface area (Å²) in [6, 6.07) is 14.0. The first-order valence-corrected chi connectivity index (χ1v) is 25.0. The van der Waals surface area contributed by atoms with E-state index in [4.69, 9.17) is 14.2 Å². The van der Waals surface area contributed by atoms with Crippen molar-refractivity contribution in [2.45, 2.75) is 39.0 Å². The summed E-state index contributed by atoms with van der Waals surface area (Å²) in [6.07, 6.45) is 12.5. The van der Waals surface area contributed by atoms with Crippen molar-refractivity contribution in [1.29, 1.82) is 0 Å². The highest BCUT2D eigenvalue weighted by Gasteiger charge is 2.29. The van der Waals surface area contributed by atoms with Crippen LogP contribution in [0.2, 0.25) is 0 Å². The van der Waals surface area contributed by atoms with E-state index in [0.29, 0.717) is 0 Å². The Hall–Kier alpha value is -9.51. The molecule has 0 aliphatic rings. The first-order chi connectivity index (χ1) is 36.3. The van der Waals surface area contributed by atoms with Gasteiger partial charge in [0.15, 0.2) is 11.3 Å². The number of aromatic nitrogens is 12. The molecule has 2 aromatic carbocycles. The summed E-state index contributed by atoms with van der Waals surface area (Å²) in [6.45, 7) is -6.69. The lowest BCUT2D eigenvalue weighted by Gasteiger charge is -2.20. The van der Waals surface area contributed by atoms with Crippen molar-refractivity contribution in [1.82, 2.24) is 58.3 Å². The fraction of sp³-hybridized carbons (Fsp3) is 0.128. The molecule has 10 aromatic rings. The number of benzene rings is 2. The number of pyridine rings is 2. The minimum atomic E-state index is -4.53. The first kappa shape index (κ1) is 50.0. The summed E-state index contributed by atoms with van der Waals surface area (Å²) in [5.74, 6) is -1.78. The van der Waals surface area contributed by atoms with Crippen LogP contribution in [0.1, 0.15) is 22.1 Å². The summed E-state index contributed by atoms with van der Waals surface area (Å²) in [4.78, 5) is 37.3. The predicted octanol–water partition coefficient (Wildman–Crippen LogP) is 5.98. The molecule has 0 bridgehead atoms. The van der Waals surface area contributed by atoms with Crippen LogP contribution in [0.15, 0.2) is 159 Å². The number of alkyl halides is 4. The monoisotopic (exact) mass is 1080 g/mol. The van der Waals surface area contributed by atoms with Gasteiger partial charge in [-0.2, -0.15) is 38.0 Å². The molecule has 29 heteroatoms. The number of rotatable bonds is 17. The Morgan fingerprint density at radius 1 is 0.618 bits per heavy atom. The zero-order valence-electron chi connectivity index (χ0n) is 39.3. The van der Waals surface area contributed by atoms with Crippen LogP contribution in [0.25, 0.3) is 33.8 Å². The molecule has 8 heterocycles. The molecule has 0 spiro atoms. The average molecular weight is 1080 g/mol. The van der Waals surface area contributed by atoms with Crippen LogP contribution < -0.4 is 30.4 Å². The van der Waals surface area contributed by atoms with E-state index in [2.05, 4.69) is 46.0 Å². The van der Waals surface area contributed by atoms with Crippen LogP contribution in [0, 0.1) is 0 Å². The van der Waals surface area contributed by atoms with Gasteiger partial charge in [-0.25, -0.2) is 40.8 Å². The predicted molar refractivity (Wildman–Crippen MR) is 258 cm³/mol. The van der Waals surface area contributed by atoms with Crippen LogP contribution >= 0.6 is 0 Å². The van der Waals surface area contributed by atoms with Gasteiger partial charge >= 0.3 is 13.2 Å². The van der Waals surface area contributed by atoms with E-state index in [-0.39, 0.29) is 76.9 Å². The number of ether oxygens (including phenoxy) is 3. The van der Waals surface area contributed by atoms with Crippen molar-refractivity contribution in [2.75, 3.05) is 10.6 Å². The highest BCUT2D eigenvalue weighted by atomic mass is 32.2. The van der Waals surface area contributed by atoms with Gasteiger partial charge in [-0.1, -0.05) is 0 Å². The molecule has 0 saturated heterocycles. The van der Waals surface area contributed by atoms with Crippen molar-refractivity contribution in [2.24, 2.45) is 21.1 Å². The molecule has 0 fully saturated rings. The third kappa shape index (κ3) is 9.73. The summed E-state index contributed by atoms with van der Waals surface area (Å²) >= 11 is 0. The van der Waals surface area contributed by atoms with E-state index in [1.807, 2.05) is 0 Å². The minimum absolute atomic E-state index is 0.00303. The fourth-order valence-corrected chi connectivity index (χ4v) is 10.4. The zero-order valence-corrected chi connectivity index (χ0v) is 40.9. The van der Waals surface area contributed by atoms with Crippen LogP contribution in [-0.4, -0.2) is 94.3 Å². The van der Waals surface area contributed by atoms with Gasteiger partial charge in [0.25, 0.3) is 11.5 Å². The smallest absolute Gasteiger partial charge is 0.387 e. The van der Waals surface area contributed by atoms with Crippen LogP contribution in [0.5, 0.6) is 17.4 Å². The van der Waals surface area contributed by atoms with E-state index in [1.165, 1.54) is 106 Å². The first-order valence-electron chi connectivity index (χ1n) is 22.0. The highest BCUT2D eigenvalue weighted by Crippen LogP contribution is 2.41. The molecule has 0 aliphatic carbocycles. The Bertz CT molecular complexity index is 4160. The van der Waals surface area contributed by atoms with Gasteiger partial charge in [0, 0.05) is 94.0 Å². The van der Waals surface area contributed by atoms with Gasteiger partial charge in [0.1, 0.15) is 28.5 Å². The van der Waals surface area contributed by atoms with E-state index >= 15 is 0 Å². The maximum absolute atomic E-state index is 14.3. The Morgan fingerprint density at radius 3 is 1.78 bits per heavy atom. The molecule has 76 heavy (non-hydrogen) atoms. The fourth-order valence-electron chi connectivity index (χ4n) is 7.90. The van der Waals surface area contributed by atoms with Crippen molar-refractivity contribution in [3.8, 4) is 39.9 Å². The molecular weight excluding hydrogens is 1040 g/mol. The molecule has 23 nitrogen and oxygen atoms in total. The lowest BCUT2D eigenvalue weighted by molar-refractivity contribution is -0.0501. The number of nitrogens with one attached hydrogen (secondary N) is 2. The van der Waals surface area contributed by atoms with Crippen LogP contribution in [-0.2, 0) is 40.8 Å². The number of sulfone groups is 2. The molecule has 1 amide bonds. The molecule has 388 valence electrons. The average Bonchev–Trinajstić information content (AvgIpc) is 4.22. The Labute approximate surface area is 425 Å². The number of nitrogens with zero attached hydrogens (tertiary/aromatic N) is 12. The Morgan fingerprint density at radius 2 is 1.17 bits per heavy atom. The maximum atomic E-state index is 14.3. The van der Waals surface area contributed by atoms with Gasteiger partial charge in [-0.3, -0.25) is 19.0 Å². The number of aryl methyl sites for hydroxylation is 3.